The van der Waals surface area contributed by atoms with E-state index in [0.717, 1.165) is 29.8 Å². The van der Waals surface area contributed by atoms with Gasteiger partial charge in [0.05, 0.1) is 17.4 Å². The average molecular weight is 246 g/mol. The molecule has 98 valence electrons. The van der Waals surface area contributed by atoms with E-state index in [1.54, 1.807) is 6.33 Å². The van der Waals surface area contributed by atoms with Crippen LogP contribution in [0.3, 0.4) is 0 Å². The van der Waals surface area contributed by atoms with E-state index < -0.39 is 0 Å². The van der Waals surface area contributed by atoms with E-state index in [0.29, 0.717) is 11.8 Å². The minimum absolute atomic E-state index is 0.632. The predicted octanol–water partition coefficient (Wildman–Crippen LogP) is 2.47. The quantitative estimate of drug-likeness (QED) is 0.734. The molecule has 2 rings (SSSR count). The van der Waals surface area contributed by atoms with Crippen molar-refractivity contribution >= 4 is 16.7 Å². The number of rotatable bonds is 6. The SMILES string of the molecule is CNCC(CNc1ccc2nc[nH]c2c1)C(C)C. The molecule has 1 atom stereocenters. The van der Waals surface area contributed by atoms with Crippen molar-refractivity contribution in [2.75, 3.05) is 25.5 Å². The Morgan fingerprint density at radius 1 is 1.28 bits per heavy atom. The highest BCUT2D eigenvalue weighted by atomic mass is 14.9. The Bertz CT molecular complexity index is 489. The van der Waals surface area contributed by atoms with Crippen molar-refractivity contribution < 1.29 is 0 Å². The number of aromatic amines is 1. The van der Waals surface area contributed by atoms with Crippen LogP contribution in [0.1, 0.15) is 13.8 Å². The molecule has 0 aliphatic carbocycles. The Labute approximate surface area is 108 Å². The van der Waals surface area contributed by atoms with E-state index in [4.69, 9.17) is 0 Å². The molecule has 0 radical (unpaired) electrons. The Hall–Kier alpha value is -1.55. The zero-order valence-electron chi connectivity index (χ0n) is 11.3. The lowest BCUT2D eigenvalue weighted by molar-refractivity contribution is 0.390. The minimum Gasteiger partial charge on any atom is -0.385 e. The fourth-order valence-electron chi connectivity index (χ4n) is 2.10. The molecule has 1 aromatic carbocycles. The lowest BCUT2D eigenvalue weighted by Gasteiger charge is -2.21. The summed E-state index contributed by atoms with van der Waals surface area (Å²) in [6.07, 6.45) is 1.73. The third-order valence-corrected chi connectivity index (χ3v) is 3.40. The predicted molar refractivity (Wildman–Crippen MR) is 76.8 cm³/mol. The number of fused-ring (bicyclic) bond motifs is 1. The zero-order valence-corrected chi connectivity index (χ0v) is 11.3. The molecule has 0 fully saturated rings. The summed E-state index contributed by atoms with van der Waals surface area (Å²) in [6, 6.07) is 6.23. The maximum Gasteiger partial charge on any atom is 0.0931 e. The van der Waals surface area contributed by atoms with Crippen LogP contribution in [0.4, 0.5) is 5.69 Å². The molecule has 0 saturated heterocycles. The van der Waals surface area contributed by atoms with Crippen LogP contribution in [-0.2, 0) is 0 Å². The number of imidazole rings is 1. The van der Waals surface area contributed by atoms with Gasteiger partial charge in [0.25, 0.3) is 0 Å². The Morgan fingerprint density at radius 2 is 2.11 bits per heavy atom. The number of H-pyrrole nitrogens is 1. The van der Waals surface area contributed by atoms with Gasteiger partial charge in [-0.2, -0.15) is 0 Å². The average Bonchev–Trinajstić information content (AvgIpc) is 2.81. The van der Waals surface area contributed by atoms with Gasteiger partial charge in [-0.3, -0.25) is 0 Å². The minimum atomic E-state index is 0.632. The van der Waals surface area contributed by atoms with Crippen molar-refractivity contribution in [1.82, 2.24) is 15.3 Å². The van der Waals surface area contributed by atoms with Crippen molar-refractivity contribution in [2.24, 2.45) is 11.8 Å². The maximum absolute atomic E-state index is 4.22. The first-order valence-corrected chi connectivity index (χ1v) is 6.52. The first-order valence-electron chi connectivity index (χ1n) is 6.52. The summed E-state index contributed by atoms with van der Waals surface area (Å²) >= 11 is 0. The number of aromatic nitrogens is 2. The zero-order chi connectivity index (χ0) is 13.0. The molecule has 1 unspecified atom stereocenters. The summed E-state index contributed by atoms with van der Waals surface area (Å²) in [6.45, 7) is 6.55. The van der Waals surface area contributed by atoms with Gasteiger partial charge in [0.15, 0.2) is 0 Å². The topological polar surface area (TPSA) is 52.7 Å². The summed E-state index contributed by atoms with van der Waals surface area (Å²) in [5.74, 6) is 1.30. The van der Waals surface area contributed by atoms with E-state index in [2.05, 4.69) is 46.6 Å². The van der Waals surface area contributed by atoms with Crippen LogP contribution in [0.2, 0.25) is 0 Å². The van der Waals surface area contributed by atoms with E-state index in [-0.39, 0.29) is 0 Å². The summed E-state index contributed by atoms with van der Waals surface area (Å²) in [5.41, 5.74) is 3.24. The number of nitrogens with zero attached hydrogens (tertiary/aromatic N) is 1. The van der Waals surface area contributed by atoms with Crippen molar-refractivity contribution in [3.05, 3.63) is 24.5 Å². The standard InChI is InChI=1S/C14H22N4/c1-10(2)11(7-15-3)8-16-12-4-5-13-14(6-12)18-9-17-13/h4-6,9-11,15-16H,7-8H2,1-3H3,(H,17,18). The number of hydrogen-bond donors (Lipinski definition) is 3. The third kappa shape index (κ3) is 3.01. The largest absolute Gasteiger partial charge is 0.385 e. The maximum atomic E-state index is 4.22. The first kappa shape index (κ1) is 12.9. The molecule has 3 N–H and O–H groups in total. The molecule has 0 saturated carbocycles. The Morgan fingerprint density at radius 3 is 2.83 bits per heavy atom. The molecule has 0 aliphatic heterocycles. The molecule has 0 amide bonds. The van der Waals surface area contributed by atoms with Gasteiger partial charge in [-0.25, -0.2) is 4.98 Å². The number of benzene rings is 1. The molecular formula is C14H22N4. The lowest BCUT2D eigenvalue weighted by Crippen LogP contribution is -2.29. The second kappa shape index (κ2) is 5.87. The monoisotopic (exact) mass is 246 g/mol. The highest BCUT2D eigenvalue weighted by molar-refractivity contribution is 5.78. The normalized spacial score (nSPS) is 13.1. The summed E-state index contributed by atoms with van der Waals surface area (Å²) in [5, 5.41) is 6.76. The highest BCUT2D eigenvalue weighted by Crippen LogP contribution is 2.17. The van der Waals surface area contributed by atoms with Crippen LogP contribution in [0.15, 0.2) is 24.5 Å². The number of hydrogen-bond acceptors (Lipinski definition) is 3. The van der Waals surface area contributed by atoms with Crippen LogP contribution >= 0.6 is 0 Å². The molecule has 0 spiro atoms. The van der Waals surface area contributed by atoms with Crippen molar-refractivity contribution in [3.8, 4) is 0 Å². The summed E-state index contributed by atoms with van der Waals surface area (Å²) < 4.78 is 0. The molecule has 0 aliphatic rings. The molecule has 18 heavy (non-hydrogen) atoms. The van der Waals surface area contributed by atoms with Crippen LogP contribution in [0.5, 0.6) is 0 Å². The summed E-state index contributed by atoms with van der Waals surface area (Å²) in [7, 11) is 2.01. The van der Waals surface area contributed by atoms with Gasteiger partial charge >= 0.3 is 0 Å². The number of anilines is 1. The van der Waals surface area contributed by atoms with Crippen molar-refractivity contribution in [3.63, 3.8) is 0 Å². The van der Waals surface area contributed by atoms with Crippen LogP contribution in [0, 0.1) is 11.8 Å². The van der Waals surface area contributed by atoms with Crippen LogP contribution in [0.25, 0.3) is 11.0 Å². The Kier molecular flexibility index (Phi) is 4.20. The van der Waals surface area contributed by atoms with Crippen molar-refractivity contribution in [2.45, 2.75) is 13.8 Å². The lowest BCUT2D eigenvalue weighted by atomic mass is 9.95. The third-order valence-electron chi connectivity index (χ3n) is 3.40. The van der Waals surface area contributed by atoms with Gasteiger partial charge in [0, 0.05) is 12.2 Å². The van der Waals surface area contributed by atoms with Gasteiger partial charge < -0.3 is 15.6 Å². The molecule has 4 nitrogen and oxygen atoms in total. The highest BCUT2D eigenvalue weighted by Gasteiger charge is 2.12. The molecular weight excluding hydrogens is 224 g/mol. The van der Waals surface area contributed by atoms with Crippen LogP contribution in [-0.4, -0.2) is 30.1 Å². The molecule has 1 heterocycles. The van der Waals surface area contributed by atoms with Gasteiger partial charge in [-0.1, -0.05) is 13.8 Å². The smallest absolute Gasteiger partial charge is 0.0931 e. The molecule has 1 aromatic heterocycles. The Balaban J connectivity index is 1.99. The fraction of sp³-hybridized carbons (Fsp3) is 0.500. The van der Waals surface area contributed by atoms with E-state index in [9.17, 15) is 0 Å². The van der Waals surface area contributed by atoms with Gasteiger partial charge in [0.1, 0.15) is 0 Å². The fourth-order valence-corrected chi connectivity index (χ4v) is 2.10. The second-order valence-corrected chi connectivity index (χ2v) is 5.08. The van der Waals surface area contributed by atoms with Crippen LogP contribution < -0.4 is 10.6 Å². The van der Waals surface area contributed by atoms with E-state index >= 15 is 0 Å². The van der Waals surface area contributed by atoms with E-state index in [1.165, 1.54) is 0 Å². The van der Waals surface area contributed by atoms with E-state index in [1.807, 2.05) is 13.1 Å². The van der Waals surface area contributed by atoms with Crippen molar-refractivity contribution in [1.29, 1.82) is 0 Å². The molecule has 0 bridgehead atoms. The second-order valence-electron chi connectivity index (χ2n) is 5.08. The summed E-state index contributed by atoms with van der Waals surface area (Å²) in [4.78, 5) is 7.35. The van der Waals surface area contributed by atoms with Gasteiger partial charge in [0.2, 0.25) is 0 Å². The molecule has 2 aromatic rings. The number of nitrogens with one attached hydrogen (secondary N) is 3. The van der Waals surface area contributed by atoms with Gasteiger partial charge in [-0.15, -0.1) is 0 Å². The molecule has 4 heteroatoms. The van der Waals surface area contributed by atoms with Gasteiger partial charge in [-0.05, 0) is 43.6 Å². The first-order chi connectivity index (χ1) is 8.70.